The number of aliphatic hydroxyl groups is 1. The summed E-state index contributed by atoms with van der Waals surface area (Å²) in [4.78, 5) is 31.1. The van der Waals surface area contributed by atoms with Gasteiger partial charge in [0.15, 0.2) is 0 Å². The normalized spacial score (nSPS) is 21.1. The van der Waals surface area contributed by atoms with E-state index in [0.29, 0.717) is 25.4 Å². The third kappa shape index (κ3) is 5.99. The Bertz CT molecular complexity index is 1380. The largest absolute Gasteiger partial charge is 0.394 e. The number of nitrogens with zero attached hydrogens (tertiary/aromatic N) is 3. The summed E-state index contributed by atoms with van der Waals surface area (Å²) in [6.07, 6.45) is 5.28. The molecule has 0 saturated heterocycles. The number of benzene rings is 2. The van der Waals surface area contributed by atoms with Crippen LogP contribution in [0.1, 0.15) is 62.0 Å². The molecule has 41 heavy (non-hydrogen) atoms. The summed E-state index contributed by atoms with van der Waals surface area (Å²) < 4.78 is 8.60. The van der Waals surface area contributed by atoms with Gasteiger partial charge in [-0.3, -0.25) is 4.79 Å². The molecule has 8 heteroatoms. The second-order valence-corrected chi connectivity index (χ2v) is 11.9. The third-order valence-corrected chi connectivity index (χ3v) is 8.96. The molecule has 2 heterocycles. The van der Waals surface area contributed by atoms with E-state index in [0.717, 1.165) is 53.3 Å². The Kier molecular flexibility index (Phi) is 9.00. The maximum Gasteiger partial charge on any atom is 0.317 e. The number of fused-ring (bicyclic) bond motifs is 5. The number of hydrogen-bond acceptors (Lipinski definition) is 4. The topological polar surface area (TPSA) is 87.0 Å². The van der Waals surface area contributed by atoms with E-state index in [2.05, 4.69) is 30.4 Å². The van der Waals surface area contributed by atoms with E-state index < -0.39 is 0 Å². The molecule has 1 aromatic heterocycles. The molecule has 2 aromatic carbocycles. The van der Waals surface area contributed by atoms with Crippen molar-refractivity contribution in [3.63, 3.8) is 0 Å². The third-order valence-electron chi connectivity index (χ3n) is 8.96. The Hall–Kier alpha value is -3.36. The van der Waals surface area contributed by atoms with Gasteiger partial charge in [0.1, 0.15) is 5.69 Å². The maximum atomic E-state index is 14.5. The molecule has 0 radical (unpaired) electrons. The van der Waals surface area contributed by atoms with Gasteiger partial charge >= 0.3 is 6.03 Å². The molecule has 3 aromatic rings. The van der Waals surface area contributed by atoms with Crippen LogP contribution in [0.3, 0.4) is 0 Å². The summed E-state index contributed by atoms with van der Waals surface area (Å²) in [6.45, 7) is 4.93. The van der Waals surface area contributed by atoms with Crippen LogP contribution in [0.5, 0.6) is 0 Å². The molecule has 5 rings (SSSR count). The number of aromatic nitrogens is 1. The van der Waals surface area contributed by atoms with Crippen LogP contribution >= 0.6 is 0 Å². The van der Waals surface area contributed by atoms with Gasteiger partial charge in [0, 0.05) is 55.6 Å². The van der Waals surface area contributed by atoms with Crippen molar-refractivity contribution in [2.24, 2.45) is 13.0 Å². The molecule has 220 valence electrons. The molecule has 1 aliphatic heterocycles. The number of urea groups is 1. The van der Waals surface area contributed by atoms with Crippen molar-refractivity contribution >= 4 is 22.8 Å². The van der Waals surface area contributed by atoms with Gasteiger partial charge in [0.05, 0.1) is 25.4 Å². The molecule has 3 atom stereocenters. The van der Waals surface area contributed by atoms with Crippen LogP contribution < -0.4 is 5.32 Å². The summed E-state index contributed by atoms with van der Waals surface area (Å²) in [6, 6.07) is 15.9. The minimum Gasteiger partial charge on any atom is -0.394 e. The average molecular weight is 561 g/mol. The zero-order valence-corrected chi connectivity index (χ0v) is 24.8. The van der Waals surface area contributed by atoms with Crippen LogP contribution in [0.15, 0.2) is 48.5 Å². The Labute approximate surface area is 243 Å². The Morgan fingerprint density at radius 3 is 2.59 bits per heavy atom. The molecular formula is C33H44N4O4. The van der Waals surface area contributed by atoms with Crippen LogP contribution in [0.4, 0.5) is 4.79 Å². The number of ether oxygens (including phenoxy) is 1. The minimum atomic E-state index is -0.389. The van der Waals surface area contributed by atoms with E-state index in [-0.39, 0.29) is 42.7 Å². The molecular weight excluding hydrogens is 516 g/mol. The number of aryl methyl sites for hydroxylation is 1. The fourth-order valence-corrected chi connectivity index (χ4v) is 6.41. The number of para-hydroxylation sites is 1. The molecule has 3 amide bonds. The highest BCUT2D eigenvalue weighted by molar-refractivity contribution is 6.10. The molecule has 1 saturated carbocycles. The van der Waals surface area contributed by atoms with Gasteiger partial charge in [-0.05, 0) is 37.0 Å². The zero-order valence-electron chi connectivity index (χ0n) is 24.8. The van der Waals surface area contributed by atoms with Crippen LogP contribution in [-0.4, -0.2) is 76.3 Å². The first-order chi connectivity index (χ1) is 19.8. The zero-order chi connectivity index (χ0) is 29.1. The summed E-state index contributed by atoms with van der Waals surface area (Å²) in [5.41, 5.74) is 4.42. The van der Waals surface area contributed by atoms with E-state index >= 15 is 0 Å². The fraction of sp³-hybridized carbons (Fsp3) is 0.515. The molecule has 2 aliphatic rings. The van der Waals surface area contributed by atoms with Crippen LogP contribution in [-0.2, 0) is 18.4 Å². The van der Waals surface area contributed by atoms with E-state index in [1.807, 2.05) is 55.9 Å². The van der Waals surface area contributed by atoms with Gasteiger partial charge in [0.2, 0.25) is 0 Å². The number of nitrogens with one attached hydrogen (secondary N) is 1. The summed E-state index contributed by atoms with van der Waals surface area (Å²) in [5, 5.41) is 14.4. The second kappa shape index (κ2) is 12.7. The first-order valence-electron chi connectivity index (χ1n) is 15.0. The second-order valence-electron chi connectivity index (χ2n) is 11.9. The molecule has 0 spiro atoms. The number of carbonyl (C=O) groups excluding carboxylic acids is 2. The van der Waals surface area contributed by atoms with Gasteiger partial charge in [-0.1, -0.05) is 68.7 Å². The molecule has 2 N–H and O–H groups in total. The summed E-state index contributed by atoms with van der Waals surface area (Å²) in [5.74, 6) is -0.216. The number of aliphatic hydroxyl groups excluding tert-OH is 1. The maximum absolute atomic E-state index is 14.5. The minimum absolute atomic E-state index is 0.0852. The lowest BCUT2D eigenvalue weighted by Crippen LogP contribution is -2.50. The number of amides is 3. The van der Waals surface area contributed by atoms with Crippen LogP contribution in [0, 0.1) is 5.92 Å². The van der Waals surface area contributed by atoms with Crippen LogP contribution in [0.25, 0.3) is 22.0 Å². The highest BCUT2D eigenvalue weighted by Gasteiger charge is 2.34. The standard InChI is InChI=1S/C33H44N4O4/c1-22-18-37(23(2)20-38)32(39)31-30(27-16-10-11-17-28(27)36(31)4)26-15-9-8-12-24(26)21-41-29(22)19-35(3)33(40)34-25-13-6-5-7-14-25/h8-12,15-17,22-23,25,29,38H,5-7,13-14,18-21H2,1-4H3,(H,34,40)/t22-,23-,29+/m1/s1. The van der Waals surface area contributed by atoms with E-state index in [1.165, 1.54) is 6.42 Å². The number of rotatable bonds is 5. The number of hydrogen-bond donors (Lipinski definition) is 2. The van der Waals surface area contributed by atoms with E-state index in [4.69, 9.17) is 4.74 Å². The van der Waals surface area contributed by atoms with Crippen molar-refractivity contribution in [1.82, 2.24) is 19.7 Å². The highest BCUT2D eigenvalue weighted by atomic mass is 16.5. The summed E-state index contributed by atoms with van der Waals surface area (Å²) >= 11 is 0. The lowest BCUT2D eigenvalue weighted by molar-refractivity contribution is -0.0186. The van der Waals surface area contributed by atoms with E-state index in [9.17, 15) is 14.7 Å². The first kappa shape index (κ1) is 29.1. The monoisotopic (exact) mass is 560 g/mol. The van der Waals surface area contributed by atoms with Gasteiger partial charge in [-0.15, -0.1) is 0 Å². The van der Waals surface area contributed by atoms with Crippen molar-refractivity contribution in [2.75, 3.05) is 26.7 Å². The van der Waals surface area contributed by atoms with Crippen molar-refractivity contribution in [3.8, 4) is 11.1 Å². The summed E-state index contributed by atoms with van der Waals surface area (Å²) in [7, 11) is 3.75. The molecule has 1 aliphatic carbocycles. The first-order valence-corrected chi connectivity index (χ1v) is 15.0. The van der Waals surface area contributed by atoms with Crippen molar-refractivity contribution in [3.05, 3.63) is 59.8 Å². The lowest BCUT2D eigenvalue weighted by atomic mass is 9.96. The van der Waals surface area contributed by atoms with Crippen LogP contribution in [0.2, 0.25) is 0 Å². The van der Waals surface area contributed by atoms with Crippen molar-refractivity contribution in [2.45, 2.75) is 70.7 Å². The molecule has 0 bridgehead atoms. The SMILES string of the molecule is C[C@@H]1CN([C@H](C)CO)C(=O)c2c(c3ccccc3n2C)-c2ccccc2CO[C@H]1CN(C)C(=O)NC1CCCCC1. The quantitative estimate of drug-likeness (QED) is 0.450. The molecule has 8 nitrogen and oxygen atoms in total. The number of likely N-dealkylation sites (N-methyl/N-ethyl adjacent to an activating group) is 1. The lowest BCUT2D eigenvalue weighted by Gasteiger charge is -2.35. The number of carbonyl (C=O) groups is 2. The smallest absolute Gasteiger partial charge is 0.317 e. The fourth-order valence-electron chi connectivity index (χ4n) is 6.41. The van der Waals surface area contributed by atoms with Crippen molar-refractivity contribution in [1.29, 1.82) is 0 Å². The van der Waals surface area contributed by atoms with Gasteiger partial charge in [0.25, 0.3) is 5.91 Å². The molecule has 1 fully saturated rings. The van der Waals surface area contributed by atoms with Gasteiger partial charge in [-0.25, -0.2) is 4.79 Å². The highest BCUT2D eigenvalue weighted by Crippen LogP contribution is 2.38. The van der Waals surface area contributed by atoms with E-state index in [1.54, 1.807) is 9.80 Å². The average Bonchev–Trinajstić information content (AvgIpc) is 3.28. The Morgan fingerprint density at radius 2 is 1.83 bits per heavy atom. The molecule has 0 unspecified atom stereocenters. The van der Waals surface area contributed by atoms with Crippen molar-refractivity contribution < 1.29 is 19.4 Å². The van der Waals surface area contributed by atoms with Gasteiger partial charge < -0.3 is 29.5 Å². The Morgan fingerprint density at radius 1 is 1.12 bits per heavy atom. The predicted octanol–water partition coefficient (Wildman–Crippen LogP) is 5.18. The van der Waals surface area contributed by atoms with Gasteiger partial charge in [-0.2, -0.15) is 0 Å². The Balaban J connectivity index is 1.52. The predicted molar refractivity (Wildman–Crippen MR) is 162 cm³/mol.